The standard InChI is InChI=1S/C18H21N3OS/c1-14-8-6-7-11-16(14)21-18(22)17(12-19-2)23-13-20-15-9-4-3-5-10-15/h3-12,19-20H,13H2,1-2H3,(H,21,22)/b17-12-. The van der Waals surface area contributed by atoms with Crippen LogP contribution in [0.3, 0.4) is 0 Å². The highest BCUT2D eigenvalue weighted by Crippen LogP contribution is 2.20. The zero-order chi connectivity index (χ0) is 16.5. The minimum Gasteiger partial charge on any atom is -0.393 e. The lowest BCUT2D eigenvalue weighted by Crippen LogP contribution is -2.16. The Hall–Kier alpha value is -2.40. The Bertz CT molecular complexity index is 671. The smallest absolute Gasteiger partial charge is 0.263 e. The van der Waals surface area contributed by atoms with E-state index in [4.69, 9.17) is 0 Å². The van der Waals surface area contributed by atoms with Crippen LogP contribution >= 0.6 is 11.8 Å². The number of carbonyl (C=O) groups is 1. The van der Waals surface area contributed by atoms with Crippen LogP contribution in [-0.4, -0.2) is 18.8 Å². The summed E-state index contributed by atoms with van der Waals surface area (Å²) in [5, 5.41) is 9.15. The molecule has 0 aliphatic rings. The molecule has 5 heteroatoms. The highest BCUT2D eigenvalue weighted by molar-refractivity contribution is 8.04. The monoisotopic (exact) mass is 327 g/mol. The molecule has 0 spiro atoms. The number of thioether (sulfide) groups is 1. The molecule has 0 heterocycles. The van der Waals surface area contributed by atoms with E-state index in [1.165, 1.54) is 11.8 Å². The highest BCUT2D eigenvalue weighted by atomic mass is 32.2. The van der Waals surface area contributed by atoms with Crippen molar-refractivity contribution in [2.45, 2.75) is 6.92 Å². The number of amides is 1. The summed E-state index contributed by atoms with van der Waals surface area (Å²) in [5.41, 5.74) is 2.90. The summed E-state index contributed by atoms with van der Waals surface area (Å²) in [6.45, 7) is 1.97. The van der Waals surface area contributed by atoms with Gasteiger partial charge in [0.2, 0.25) is 0 Å². The van der Waals surface area contributed by atoms with E-state index in [-0.39, 0.29) is 5.91 Å². The van der Waals surface area contributed by atoms with Crippen molar-refractivity contribution in [3.8, 4) is 0 Å². The summed E-state index contributed by atoms with van der Waals surface area (Å²) in [7, 11) is 1.78. The minimum atomic E-state index is -0.117. The van der Waals surface area contributed by atoms with Crippen molar-refractivity contribution in [1.82, 2.24) is 5.32 Å². The first-order valence-corrected chi connectivity index (χ1v) is 8.35. The van der Waals surface area contributed by atoms with Crippen LogP contribution in [0.1, 0.15) is 5.56 Å². The van der Waals surface area contributed by atoms with Crippen molar-refractivity contribution in [1.29, 1.82) is 0 Å². The predicted octanol–water partition coefficient (Wildman–Crippen LogP) is 3.80. The van der Waals surface area contributed by atoms with Gasteiger partial charge < -0.3 is 16.0 Å². The number of rotatable bonds is 7. The molecule has 0 aromatic heterocycles. The maximum absolute atomic E-state index is 12.4. The van der Waals surface area contributed by atoms with Gasteiger partial charge in [-0.2, -0.15) is 0 Å². The third kappa shape index (κ3) is 5.38. The summed E-state index contributed by atoms with van der Waals surface area (Å²) in [6.07, 6.45) is 1.71. The number of benzene rings is 2. The summed E-state index contributed by atoms with van der Waals surface area (Å²) in [4.78, 5) is 13.1. The lowest BCUT2D eigenvalue weighted by molar-refractivity contribution is -0.112. The summed E-state index contributed by atoms with van der Waals surface area (Å²) >= 11 is 1.45. The molecule has 120 valence electrons. The van der Waals surface area contributed by atoms with Crippen molar-refractivity contribution in [3.05, 3.63) is 71.3 Å². The van der Waals surface area contributed by atoms with Crippen LogP contribution in [0, 0.1) is 6.92 Å². The number of para-hydroxylation sites is 2. The van der Waals surface area contributed by atoms with Crippen molar-refractivity contribution >= 4 is 29.0 Å². The lowest BCUT2D eigenvalue weighted by Gasteiger charge is -2.11. The Morgan fingerprint density at radius 3 is 2.48 bits per heavy atom. The third-order valence-corrected chi connectivity index (χ3v) is 4.07. The average molecular weight is 327 g/mol. The molecule has 2 aromatic rings. The minimum absolute atomic E-state index is 0.117. The van der Waals surface area contributed by atoms with Gasteiger partial charge in [-0.3, -0.25) is 4.79 Å². The molecule has 4 nitrogen and oxygen atoms in total. The van der Waals surface area contributed by atoms with Crippen LogP contribution in [-0.2, 0) is 4.79 Å². The van der Waals surface area contributed by atoms with Crippen LogP contribution < -0.4 is 16.0 Å². The van der Waals surface area contributed by atoms with Gasteiger partial charge in [0.25, 0.3) is 5.91 Å². The molecule has 0 radical (unpaired) electrons. The number of hydrogen-bond donors (Lipinski definition) is 3. The van der Waals surface area contributed by atoms with Gasteiger partial charge >= 0.3 is 0 Å². The van der Waals surface area contributed by atoms with E-state index in [0.29, 0.717) is 10.8 Å². The molecule has 1 amide bonds. The lowest BCUT2D eigenvalue weighted by atomic mass is 10.2. The molecule has 0 bridgehead atoms. The Morgan fingerprint density at radius 1 is 1.09 bits per heavy atom. The van der Waals surface area contributed by atoms with Crippen LogP contribution in [0.15, 0.2) is 65.7 Å². The molecule has 2 aromatic carbocycles. The largest absolute Gasteiger partial charge is 0.393 e. The first kappa shape index (κ1) is 17.0. The first-order chi connectivity index (χ1) is 11.2. The predicted molar refractivity (Wildman–Crippen MR) is 99.5 cm³/mol. The first-order valence-electron chi connectivity index (χ1n) is 7.37. The van der Waals surface area contributed by atoms with Gasteiger partial charge in [-0.1, -0.05) is 48.2 Å². The Kier molecular flexibility index (Phi) is 6.56. The molecular formula is C18H21N3OS. The molecular weight excluding hydrogens is 306 g/mol. The summed E-state index contributed by atoms with van der Waals surface area (Å²) in [5.74, 6) is 0.493. The van der Waals surface area contributed by atoms with Crippen LogP contribution in [0.5, 0.6) is 0 Å². The second-order valence-electron chi connectivity index (χ2n) is 4.90. The van der Waals surface area contributed by atoms with Gasteiger partial charge in [0.15, 0.2) is 0 Å². The van der Waals surface area contributed by atoms with E-state index >= 15 is 0 Å². The fraction of sp³-hybridized carbons (Fsp3) is 0.167. The highest BCUT2D eigenvalue weighted by Gasteiger charge is 2.11. The average Bonchev–Trinajstić information content (AvgIpc) is 2.57. The van der Waals surface area contributed by atoms with E-state index in [9.17, 15) is 4.79 Å². The summed E-state index contributed by atoms with van der Waals surface area (Å²) < 4.78 is 0. The number of nitrogens with one attached hydrogen (secondary N) is 3. The van der Waals surface area contributed by atoms with Gasteiger partial charge in [-0.15, -0.1) is 0 Å². The maximum Gasteiger partial charge on any atom is 0.263 e. The molecule has 0 saturated carbocycles. The second kappa shape index (κ2) is 8.90. The van der Waals surface area contributed by atoms with Gasteiger partial charge in [0.05, 0.1) is 10.8 Å². The number of carbonyl (C=O) groups excluding carboxylic acids is 1. The van der Waals surface area contributed by atoms with Gasteiger partial charge in [0, 0.05) is 24.6 Å². The van der Waals surface area contributed by atoms with E-state index in [0.717, 1.165) is 16.9 Å². The van der Waals surface area contributed by atoms with Gasteiger partial charge in [0.1, 0.15) is 0 Å². The Balaban J connectivity index is 1.94. The molecule has 0 saturated heterocycles. The molecule has 0 aliphatic carbocycles. The number of hydrogen-bond acceptors (Lipinski definition) is 4. The SMILES string of the molecule is CN/C=C(\SCNc1ccccc1)C(=O)Nc1ccccc1C. The topological polar surface area (TPSA) is 53.2 Å². The molecule has 2 rings (SSSR count). The van der Waals surface area contributed by atoms with Crippen LogP contribution in [0.2, 0.25) is 0 Å². The quantitative estimate of drug-likeness (QED) is 0.535. The fourth-order valence-corrected chi connectivity index (χ4v) is 2.73. The zero-order valence-electron chi connectivity index (χ0n) is 13.3. The Morgan fingerprint density at radius 2 is 1.78 bits per heavy atom. The fourth-order valence-electron chi connectivity index (χ4n) is 1.95. The Labute approximate surface area is 141 Å². The summed E-state index contributed by atoms with van der Waals surface area (Å²) in [6, 6.07) is 17.6. The van der Waals surface area contributed by atoms with Crippen molar-refractivity contribution in [2.75, 3.05) is 23.6 Å². The zero-order valence-corrected chi connectivity index (χ0v) is 14.1. The second-order valence-corrected chi connectivity index (χ2v) is 5.91. The molecule has 23 heavy (non-hydrogen) atoms. The van der Waals surface area contributed by atoms with E-state index in [2.05, 4.69) is 16.0 Å². The number of anilines is 2. The third-order valence-electron chi connectivity index (χ3n) is 3.17. The molecule has 0 atom stereocenters. The maximum atomic E-state index is 12.4. The number of aryl methyl sites for hydroxylation is 1. The molecule has 0 aliphatic heterocycles. The van der Waals surface area contributed by atoms with E-state index in [1.807, 2.05) is 61.5 Å². The van der Waals surface area contributed by atoms with Gasteiger partial charge in [-0.05, 0) is 30.7 Å². The van der Waals surface area contributed by atoms with E-state index < -0.39 is 0 Å². The van der Waals surface area contributed by atoms with Crippen LogP contribution in [0.25, 0.3) is 0 Å². The molecule has 3 N–H and O–H groups in total. The van der Waals surface area contributed by atoms with E-state index in [1.54, 1.807) is 13.2 Å². The molecule has 0 fully saturated rings. The van der Waals surface area contributed by atoms with Crippen molar-refractivity contribution in [2.24, 2.45) is 0 Å². The van der Waals surface area contributed by atoms with Crippen molar-refractivity contribution in [3.63, 3.8) is 0 Å². The normalized spacial score (nSPS) is 11.0. The molecule has 0 unspecified atom stereocenters. The van der Waals surface area contributed by atoms with Crippen LogP contribution in [0.4, 0.5) is 11.4 Å². The van der Waals surface area contributed by atoms with Gasteiger partial charge in [-0.25, -0.2) is 0 Å². The van der Waals surface area contributed by atoms with Crippen molar-refractivity contribution < 1.29 is 4.79 Å².